The second-order valence-electron chi connectivity index (χ2n) is 4.28. The van der Waals surface area contributed by atoms with Gasteiger partial charge in [0.25, 0.3) is 10.1 Å². The fraction of sp³-hybridized carbons (Fsp3) is 0.250. The second-order valence-corrected chi connectivity index (χ2v) is 5.92. The van der Waals surface area contributed by atoms with Crippen molar-refractivity contribution in [3.05, 3.63) is 47.3 Å². The maximum absolute atomic E-state index is 13.1. The Bertz CT molecular complexity index is 721. The van der Waals surface area contributed by atoms with Crippen LogP contribution in [-0.2, 0) is 20.9 Å². The van der Waals surface area contributed by atoms with E-state index in [1.807, 2.05) is 0 Å². The average molecular weight is 302 g/mol. The largest absolute Gasteiger partial charge is 0.265 e. The molecule has 5 nitrogen and oxygen atoms in total. The van der Waals surface area contributed by atoms with Crippen molar-refractivity contribution in [2.24, 2.45) is 0 Å². The van der Waals surface area contributed by atoms with Crippen LogP contribution >= 0.6 is 0 Å². The molecular formula is C12H12F2N2O3S. The highest BCUT2D eigenvalue weighted by atomic mass is 32.2. The third-order valence-electron chi connectivity index (χ3n) is 2.54. The van der Waals surface area contributed by atoms with E-state index in [1.54, 1.807) is 6.92 Å². The number of halogens is 2. The predicted octanol–water partition coefficient (Wildman–Crippen LogP) is 1.94. The minimum absolute atomic E-state index is 0.178. The Kier molecular flexibility index (Phi) is 3.87. The number of aromatic nitrogens is 2. The van der Waals surface area contributed by atoms with Gasteiger partial charge in [0.2, 0.25) is 0 Å². The maximum atomic E-state index is 13.1. The third kappa shape index (κ3) is 3.61. The number of aryl methyl sites for hydroxylation is 1. The molecule has 1 heterocycles. The molecule has 2 rings (SSSR count). The molecule has 0 spiro atoms. The van der Waals surface area contributed by atoms with Gasteiger partial charge in [-0.2, -0.15) is 13.5 Å². The average Bonchev–Trinajstić information content (AvgIpc) is 2.66. The molecule has 0 N–H and O–H groups in total. The van der Waals surface area contributed by atoms with E-state index in [2.05, 4.69) is 9.28 Å². The first-order valence-electron chi connectivity index (χ1n) is 5.60. The number of hydrogen-bond donors (Lipinski definition) is 0. The molecule has 0 fully saturated rings. The summed E-state index contributed by atoms with van der Waals surface area (Å²) < 4.78 is 54.1. The Labute approximate surface area is 114 Å². The molecule has 1 aromatic heterocycles. The summed E-state index contributed by atoms with van der Waals surface area (Å²) in [6.45, 7) is 1.47. The summed E-state index contributed by atoms with van der Waals surface area (Å²) in [6, 6.07) is 3.00. The van der Waals surface area contributed by atoms with Crippen molar-refractivity contribution >= 4 is 10.1 Å². The maximum Gasteiger partial charge on any atom is 0.264 e. The third-order valence-corrected chi connectivity index (χ3v) is 3.09. The highest BCUT2D eigenvalue weighted by Gasteiger charge is 2.11. The summed E-state index contributed by atoms with van der Waals surface area (Å²) >= 11 is 0. The van der Waals surface area contributed by atoms with E-state index in [0.717, 1.165) is 24.5 Å². The van der Waals surface area contributed by atoms with Gasteiger partial charge >= 0.3 is 0 Å². The molecule has 0 atom stereocenters. The van der Waals surface area contributed by atoms with Gasteiger partial charge in [0.05, 0.1) is 24.2 Å². The molecule has 0 radical (unpaired) electrons. The van der Waals surface area contributed by atoms with E-state index >= 15 is 0 Å². The van der Waals surface area contributed by atoms with Crippen LogP contribution in [0.3, 0.4) is 0 Å². The Morgan fingerprint density at radius 2 is 1.85 bits per heavy atom. The van der Waals surface area contributed by atoms with Crippen molar-refractivity contribution in [2.45, 2.75) is 13.5 Å². The second kappa shape index (κ2) is 5.29. The van der Waals surface area contributed by atoms with E-state index < -0.39 is 21.8 Å². The Hall–Kier alpha value is -1.80. The SMILES string of the molecule is Cc1nn(-c2cc(F)cc(F)c2)cc1COS(C)(=O)=O. The lowest BCUT2D eigenvalue weighted by atomic mass is 10.3. The molecule has 0 aliphatic rings. The number of hydrogen-bond acceptors (Lipinski definition) is 4. The normalized spacial score (nSPS) is 11.8. The van der Waals surface area contributed by atoms with Gasteiger partial charge in [-0.05, 0) is 19.1 Å². The van der Waals surface area contributed by atoms with Crippen molar-refractivity contribution in [1.29, 1.82) is 0 Å². The lowest BCUT2D eigenvalue weighted by Crippen LogP contribution is -2.02. The zero-order valence-corrected chi connectivity index (χ0v) is 11.6. The Balaban J connectivity index is 2.31. The summed E-state index contributed by atoms with van der Waals surface area (Å²) in [5, 5.41) is 4.07. The molecule has 0 saturated carbocycles. The highest BCUT2D eigenvalue weighted by Crippen LogP contribution is 2.16. The van der Waals surface area contributed by atoms with Crippen LogP contribution in [0.25, 0.3) is 5.69 Å². The smallest absolute Gasteiger partial charge is 0.264 e. The zero-order valence-electron chi connectivity index (χ0n) is 10.8. The minimum atomic E-state index is -3.56. The van der Waals surface area contributed by atoms with E-state index in [-0.39, 0.29) is 12.3 Å². The summed E-state index contributed by atoms with van der Waals surface area (Å²) in [4.78, 5) is 0. The van der Waals surface area contributed by atoms with Crippen LogP contribution in [0.5, 0.6) is 0 Å². The van der Waals surface area contributed by atoms with Crippen LogP contribution in [-0.4, -0.2) is 24.5 Å². The molecule has 108 valence electrons. The van der Waals surface area contributed by atoms with Crippen LogP contribution < -0.4 is 0 Å². The van der Waals surface area contributed by atoms with Gasteiger partial charge in [-0.25, -0.2) is 13.5 Å². The first kappa shape index (κ1) is 14.6. The van der Waals surface area contributed by atoms with E-state index in [1.165, 1.54) is 10.9 Å². The van der Waals surface area contributed by atoms with Crippen LogP contribution in [0.15, 0.2) is 24.4 Å². The summed E-state index contributed by atoms with van der Waals surface area (Å²) in [5.74, 6) is -1.44. The molecule has 0 bridgehead atoms. The van der Waals surface area contributed by atoms with Crippen molar-refractivity contribution in [3.63, 3.8) is 0 Å². The zero-order chi connectivity index (χ0) is 14.9. The molecule has 8 heteroatoms. The molecule has 0 aliphatic heterocycles. The Morgan fingerprint density at radius 3 is 2.40 bits per heavy atom. The number of nitrogens with zero attached hydrogens (tertiary/aromatic N) is 2. The summed E-state index contributed by atoms with van der Waals surface area (Å²) in [6.07, 6.45) is 2.41. The van der Waals surface area contributed by atoms with Crippen LogP contribution in [0.4, 0.5) is 8.78 Å². The van der Waals surface area contributed by atoms with Crippen molar-refractivity contribution in [1.82, 2.24) is 9.78 Å². The predicted molar refractivity (Wildman–Crippen MR) is 67.8 cm³/mol. The van der Waals surface area contributed by atoms with Gasteiger partial charge in [0.1, 0.15) is 11.6 Å². The monoisotopic (exact) mass is 302 g/mol. The molecule has 0 aliphatic carbocycles. The van der Waals surface area contributed by atoms with Gasteiger partial charge < -0.3 is 0 Å². The van der Waals surface area contributed by atoms with Crippen molar-refractivity contribution in [3.8, 4) is 5.69 Å². The summed E-state index contributed by atoms with van der Waals surface area (Å²) in [7, 11) is -3.56. The molecule has 0 saturated heterocycles. The van der Waals surface area contributed by atoms with Crippen LogP contribution in [0.2, 0.25) is 0 Å². The topological polar surface area (TPSA) is 61.2 Å². The van der Waals surface area contributed by atoms with Gasteiger partial charge in [-0.15, -0.1) is 0 Å². The molecule has 1 aromatic carbocycles. The molecule has 0 amide bonds. The molecule has 0 unspecified atom stereocenters. The van der Waals surface area contributed by atoms with E-state index in [0.29, 0.717) is 11.3 Å². The van der Waals surface area contributed by atoms with Crippen molar-refractivity contribution in [2.75, 3.05) is 6.26 Å². The van der Waals surface area contributed by atoms with Crippen molar-refractivity contribution < 1.29 is 21.4 Å². The van der Waals surface area contributed by atoms with E-state index in [4.69, 9.17) is 0 Å². The fourth-order valence-corrected chi connectivity index (χ4v) is 1.95. The minimum Gasteiger partial charge on any atom is -0.265 e. The molecule has 20 heavy (non-hydrogen) atoms. The van der Waals surface area contributed by atoms with Crippen LogP contribution in [0, 0.1) is 18.6 Å². The quantitative estimate of drug-likeness (QED) is 0.810. The highest BCUT2D eigenvalue weighted by molar-refractivity contribution is 7.85. The van der Waals surface area contributed by atoms with Gasteiger partial charge in [0.15, 0.2) is 0 Å². The van der Waals surface area contributed by atoms with Gasteiger partial charge in [-0.3, -0.25) is 4.18 Å². The first-order valence-corrected chi connectivity index (χ1v) is 7.42. The summed E-state index contributed by atoms with van der Waals surface area (Å²) in [5.41, 5.74) is 1.23. The number of benzene rings is 1. The van der Waals surface area contributed by atoms with Gasteiger partial charge in [0, 0.05) is 17.8 Å². The van der Waals surface area contributed by atoms with E-state index in [9.17, 15) is 17.2 Å². The standard InChI is InChI=1S/C12H12F2N2O3S/c1-8-9(7-19-20(2,17)18)6-16(15-8)12-4-10(13)3-11(14)5-12/h3-6H,7H2,1-2H3. The fourth-order valence-electron chi connectivity index (χ4n) is 1.61. The molecular weight excluding hydrogens is 290 g/mol. The van der Waals surface area contributed by atoms with Gasteiger partial charge in [-0.1, -0.05) is 0 Å². The first-order chi connectivity index (χ1) is 9.24. The lowest BCUT2D eigenvalue weighted by molar-refractivity contribution is 0.311. The number of rotatable bonds is 4. The Morgan fingerprint density at radius 1 is 1.25 bits per heavy atom. The molecule has 2 aromatic rings. The lowest BCUT2D eigenvalue weighted by Gasteiger charge is -2.01. The van der Waals surface area contributed by atoms with Crippen LogP contribution in [0.1, 0.15) is 11.3 Å².